The van der Waals surface area contributed by atoms with Crippen molar-refractivity contribution >= 4 is 11.6 Å². The Balaban J connectivity index is 1.48. The summed E-state index contributed by atoms with van der Waals surface area (Å²) in [6.07, 6.45) is 5.46. The molecular weight excluding hydrogens is 316 g/mol. The fourth-order valence-corrected chi connectivity index (χ4v) is 3.48. The Morgan fingerprint density at radius 3 is 2.80 bits per heavy atom. The highest BCUT2D eigenvalue weighted by molar-refractivity contribution is 5.94. The van der Waals surface area contributed by atoms with E-state index in [9.17, 15) is 4.79 Å². The maximum absolute atomic E-state index is 12.7. The average Bonchev–Trinajstić information content (AvgIpc) is 3.16. The summed E-state index contributed by atoms with van der Waals surface area (Å²) in [6, 6.07) is 11.3. The second-order valence-electron chi connectivity index (χ2n) is 6.27. The Labute approximate surface area is 146 Å². The first-order chi connectivity index (χ1) is 12.3. The molecular formula is C19H20N4O2. The summed E-state index contributed by atoms with van der Waals surface area (Å²) < 4.78 is 7.12. The Hall–Kier alpha value is -2.89. The van der Waals surface area contributed by atoms with Crippen molar-refractivity contribution in [3.63, 3.8) is 0 Å². The van der Waals surface area contributed by atoms with Crippen LogP contribution in [0.2, 0.25) is 0 Å². The highest BCUT2D eigenvalue weighted by atomic mass is 16.5. The normalized spacial score (nSPS) is 15.5. The molecule has 3 heterocycles. The van der Waals surface area contributed by atoms with Crippen molar-refractivity contribution in [2.45, 2.75) is 18.8 Å². The molecule has 1 aromatic carbocycles. The molecule has 1 aliphatic rings. The number of likely N-dealkylation sites (tertiary alicyclic amines) is 1. The predicted molar refractivity (Wildman–Crippen MR) is 93.9 cm³/mol. The molecule has 0 spiro atoms. The van der Waals surface area contributed by atoms with E-state index in [2.05, 4.69) is 10.1 Å². The Kier molecular flexibility index (Phi) is 4.09. The minimum atomic E-state index is 0.0660. The van der Waals surface area contributed by atoms with Gasteiger partial charge in [0.25, 0.3) is 5.91 Å². The van der Waals surface area contributed by atoms with Gasteiger partial charge in [-0.2, -0.15) is 5.10 Å². The highest BCUT2D eigenvalue weighted by Crippen LogP contribution is 2.28. The van der Waals surface area contributed by atoms with E-state index in [-0.39, 0.29) is 5.91 Å². The number of carbonyl (C=O) groups excluding carboxylic acids is 1. The van der Waals surface area contributed by atoms with Gasteiger partial charge in [-0.25, -0.2) is 9.50 Å². The van der Waals surface area contributed by atoms with E-state index in [1.807, 2.05) is 45.9 Å². The lowest BCUT2D eigenvalue weighted by Gasteiger charge is -2.32. The summed E-state index contributed by atoms with van der Waals surface area (Å²) in [5.41, 5.74) is 2.71. The minimum Gasteiger partial charge on any atom is -0.497 e. The van der Waals surface area contributed by atoms with Gasteiger partial charge in [0.05, 0.1) is 13.3 Å². The molecule has 0 saturated carbocycles. The van der Waals surface area contributed by atoms with E-state index in [4.69, 9.17) is 4.74 Å². The zero-order chi connectivity index (χ0) is 17.2. The summed E-state index contributed by atoms with van der Waals surface area (Å²) in [5.74, 6) is 1.16. The van der Waals surface area contributed by atoms with Gasteiger partial charge in [-0.1, -0.05) is 6.07 Å². The predicted octanol–water partition coefficient (Wildman–Crippen LogP) is 2.76. The number of hydrogen-bond acceptors (Lipinski definition) is 4. The van der Waals surface area contributed by atoms with Crippen molar-refractivity contribution in [3.8, 4) is 5.75 Å². The molecule has 1 fully saturated rings. The molecule has 2 aromatic heterocycles. The van der Waals surface area contributed by atoms with Gasteiger partial charge in [0.2, 0.25) is 0 Å². The summed E-state index contributed by atoms with van der Waals surface area (Å²) >= 11 is 0. The number of nitrogens with zero attached hydrogens (tertiary/aromatic N) is 4. The number of piperidine rings is 1. The lowest BCUT2D eigenvalue weighted by atomic mass is 9.93. The molecule has 4 rings (SSSR count). The molecule has 6 heteroatoms. The van der Waals surface area contributed by atoms with Crippen LogP contribution in [0, 0.1) is 0 Å². The van der Waals surface area contributed by atoms with Crippen LogP contribution in [0.4, 0.5) is 0 Å². The molecule has 1 aliphatic heterocycles. The fraction of sp³-hybridized carbons (Fsp3) is 0.316. The van der Waals surface area contributed by atoms with Crippen LogP contribution in [0.15, 0.2) is 48.8 Å². The third-order valence-electron chi connectivity index (χ3n) is 4.84. The molecule has 0 atom stereocenters. The SMILES string of the molecule is COc1cccc(C(=O)N2CCC(c3ccnc4ccnn34)CC2)c1. The second-order valence-corrected chi connectivity index (χ2v) is 6.27. The van der Waals surface area contributed by atoms with Crippen molar-refractivity contribution in [3.05, 3.63) is 60.0 Å². The molecule has 6 nitrogen and oxygen atoms in total. The zero-order valence-electron chi connectivity index (χ0n) is 14.1. The summed E-state index contributed by atoms with van der Waals surface area (Å²) in [4.78, 5) is 19.0. The zero-order valence-corrected chi connectivity index (χ0v) is 14.1. The Morgan fingerprint density at radius 1 is 1.16 bits per heavy atom. The topological polar surface area (TPSA) is 59.7 Å². The summed E-state index contributed by atoms with van der Waals surface area (Å²) in [7, 11) is 1.61. The van der Waals surface area contributed by atoms with Gasteiger partial charge in [-0.15, -0.1) is 0 Å². The molecule has 1 saturated heterocycles. The number of methoxy groups -OCH3 is 1. The van der Waals surface area contributed by atoms with Crippen LogP contribution < -0.4 is 4.74 Å². The van der Waals surface area contributed by atoms with Crippen molar-refractivity contribution in [1.82, 2.24) is 19.5 Å². The average molecular weight is 336 g/mol. The van der Waals surface area contributed by atoms with Gasteiger partial charge in [0.15, 0.2) is 5.65 Å². The van der Waals surface area contributed by atoms with Gasteiger partial charge in [0.1, 0.15) is 5.75 Å². The first-order valence-electron chi connectivity index (χ1n) is 8.48. The van der Waals surface area contributed by atoms with Gasteiger partial charge in [-0.05, 0) is 37.1 Å². The molecule has 0 bridgehead atoms. The van der Waals surface area contributed by atoms with Crippen LogP contribution in [-0.2, 0) is 0 Å². The molecule has 0 aliphatic carbocycles. The molecule has 0 unspecified atom stereocenters. The van der Waals surface area contributed by atoms with Crippen LogP contribution in [0.3, 0.4) is 0 Å². The number of hydrogen-bond donors (Lipinski definition) is 0. The third kappa shape index (κ3) is 2.95. The van der Waals surface area contributed by atoms with E-state index in [1.54, 1.807) is 19.4 Å². The molecule has 0 radical (unpaired) electrons. The number of benzene rings is 1. The van der Waals surface area contributed by atoms with E-state index < -0.39 is 0 Å². The Bertz CT molecular complexity index is 897. The highest BCUT2D eigenvalue weighted by Gasteiger charge is 2.26. The third-order valence-corrected chi connectivity index (χ3v) is 4.84. The van der Waals surface area contributed by atoms with E-state index in [0.717, 1.165) is 31.6 Å². The van der Waals surface area contributed by atoms with Crippen LogP contribution >= 0.6 is 0 Å². The largest absolute Gasteiger partial charge is 0.497 e. The maximum Gasteiger partial charge on any atom is 0.253 e. The molecule has 3 aromatic rings. The lowest BCUT2D eigenvalue weighted by molar-refractivity contribution is 0.0711. The van der Waals surface area contributed by atoms with Crippen molar-refractivity contribution in [2.75, 3.05) is 20.2 Å². The van der Waals surface area contributed by atoms with E-state index >= 15 is 0 Å². The summed E-state index contributed by atoms with van der Waals surface area (Å²) in [6.45, 7) is 1.48. The standard InChI is InChI=1S/C19H20N4O2/c1-25-16-4-2-3-15(13-16)19(24)22-11-7-14(8-12-22)17-5-9-20-18-6-10-21-23(17)18/h2-6,9-10,13-14H,7-8,11-12H2,1H3. The van der Waals surface area contributed by atoms with Gasteiger partial charge in [0, 0.05) is 42.5 Å². The number of aromatic nitrogens is 3. The maximum atomic E-state index is 12.7. The molecule has 25 heavy (non-hydrogen) atoms. The number of rotatable bonds is 3. The number of carbonyl (C=O) groups is 1. The second kappa shape index (κ2) is 6.55. The van der Waals surface area contributed by atoms with Gasteiger partial charge in [-0.3, -0.25) is 4.79 Å². The van der Waals surface area contributed by atoms with Crippen molar-refractivity contribution < 1.29 is 9.53 Å². The fourth-order valence-electron chi connectivity index (χ4n) is 3.48. The van der Waals surface area contributed by atoms with E-state index in [0.29, 0.717) is 17.2 Å². The minimum absolute atomic E-state index is 0.0660. The van der Waals surface area contributed by atoms with E-state index in [1.165, 1.54) is 5.69 Å². The van der Waals surface area contributed by atoms with Crippen LogP contribution in [0.5, 0.6) is 5.75 Å². The quantitative estimate of drug-likeness (QED) is 0.738. The van der Waals surface area contributed by atoms with Gasteiger partial charge >= 0.3 is 0 Å². The van der Waals surface area contributed by atoms with Crippen LogP contribution in [-0.4, -0.2) is 45.6 Å². The molecule has 0 N–H and O–H groups in total. The number of fused-ring (bicyclic) bond motifs is 1. The first-order valence-corrected chi connectivity index (χ1v) is 8.48. The smallest absolute Gasteiger partial charge is 0.253 e. The number of amides is 1. The van der Waals surface area contributed by atoms with Crippen LogP contribution in [0.1, 0.15) is 34.8 Å². The Morgan fingerprint density at radius 2 is 2.00 bits per heavy atom. The van der Waals surface area contributed by atoms with Gasteiger partial charge < -0.3 is 9.64 Å². The van der Waals surface area contributed by atoms with Crippen molar-refractivity contribution in [2.24, 2.45) is 0 Å². The summed E-state index contributed by atoms with van der Waals surface area (Å²) in [5, 5.41) is 4.37. The molecule has 128 valence electrons. The number of ether oxygens (including phenoxy) is 1. The lowest BCUT2D eigenvalue weighted by Crippen LogP contribution is -2.38. The first kappa shape index (κ1) is 15.6. The van der Waals surface area contributed by atoms with Crippen molar-refractivity contribution in [1.29, 1.82) is 0 Å². The monoisotopic (exact) mass is 336 g/mol. The van der Waals surface area contributed by atoms with Crippen LogP contribution in [0.25, 0.3) is 5.65 Å². The molecule has 1 amide bonds.